The molecule has 0 aliphatic carbocycles. The van der Waals surface area contributed by atoms with Crippen LogP contribution in [0.3, 0.4) is 0 Å². The van der Waals surface area contributed by atoms with Gasteiger partial charge in [0.05, 0.1) is 16.6 Å². The van der Waals surface area contributed by atoms with Crippen LogP contribution >= 0.6 is 0 Å². The first-order valence-corrected chi connectivity index (χ1v) is 7.82. The van der Waals surface area contributed by atoms with Crippen molar-refractivity contribution in [1.29, 1.82) is 0 Å². The van der Waals surface area contributed by atoms with Crippen LogP contribution in [0, 0.1) is 0 Å². The van der Waals surface area contributed by atoms with Crippen LogP contribution in [0.2, 0.25) is 0 Å². The topological polar surface area (TPSA) is 43.8 Å². The monoisotopic (exact) mass is 333 g/mol. The van der Waals surface area contributed by atoms with Gasteiger partial charge in [-0.25, -0.2) is 4.98 Å². The highest BCUT2D eigenvalue weighted by Gasteiger charge is 2.31. The lowest BCUT2D eigenvalue weighted by atomic mass is 10.1. The number of halogens is 3. The van der Waals surface area contributed by atoms with E-state index in [-0.39, 0.29) is 0 Å². The molecule has 0 saturated carbocycles. The smallest absolute Gasteiger partial charge is 0.330 e. The van der Waals surface area contributed by atoms with E-state index < -0.39 is 11.7 Å². The molecule has 3 rings (SSSR count). The number of aromatic nitrogens is 2. The maximum atomic E-state index is 12.9. The number of fused-ring (bicyclic) bond motifs is 1. The van der Waals surface area contributed by atoms with E-state index in [9.17, 15) is 13.2 Å². The van der Waals surface area contributed by atoms with Gasteiger partial charge >= 0.3 is 6.18 Å². The van der Waals surface area contributed by atoms with Crippen LogP contribution < -0.4 is 5.73 Å². The number of alkyl halides is 3. The number of nitrogens with zero attached hydrogens (tertiary/aromatic N) is 2. The van der Waals surface area contributed by atoms with Gasteiger partial charge in [0.1, 0.15) is 5.82 Å². The number of nitrogens with two attached hydrogens (primary N) is 1. The summed E-state index contributed by atoms with van der Waals surface area (Å²) in [7, 11) is 0. The van der Waals surface area contributed by atoms with E-state index in [1.807, 2.05) is 35.8 Å². The van der Waals surface area contributed by atoms with Gasteiger partial charge in [-0.2, -0.15) is 13.2 Å². The van der Waals surface area contributed by atoms with E-state index >= 15 is 0 Å². The van der Waals surface area contributed by atoms with E-state index in [0.29, 0.717) is 24.0 Å². The fourth-order valence-electron chi connectivity index (χ4n) is 2.81. The summed E-state index contributed by atoms with van der Waals surface area (Å²) in [5.74, 6) is 0.732. The molecular weight excluding hydrogens is 315 g/mol. The fourth-order valence-corrected chi connectivity index (χ4v) is 2.81. The molecule has 3 nitrogen and oxygen atoms in total. The number of aryl methyl sites for hydroxylation is 1. The van der Waals surface area contributed by atoms with Crippen molar-refractivity contribution < 1.29 is 13.2 Å². The molecule has 0 aliphatic rings. The molecule has 24 heavy (non-hydrogen) atoms. The van der Waals surface area contributed by atoms with Crippen LogP contribution in [-0.2, 0) is 19.0 Å². The molecule has 0 atom stereocenters. The van der Waals surface area contributed by atoms with Crippen molar-refractivity contribution in [3.05, 3.63) is 59.4 Å². The molecule has 0 bridgehead atoms. The minimum atomic E-state index is -4.37. The van der Waals surface area contributed by atoms with Crippen LogP contribution in [-0.4, -0.2) is 16.1 Å². The number of benzene rings is 2. The van der Waals surface area contributed by atoms with Gasteiger partial charge in [0.15, 0.2) is 0 Å². The molecule has 6 heteroatoms. The van der Waals surface area contributed by atoms with Gasteiger partial charge in [0.2, 0.25) is 0 Å². The second-order valence-corrected chi connectivity index (χ2v) is 5.62. The molecule has 2 N–H and O–H groups in total. The van der Waals surface area contributed by atoms with Gasteiger partial charge in [-0.3, -0.25) is 4.57 Å². The first-order valence-electron chi connectivity index (χ1n) is 7.82. The van der Waals surface area contributed by atoms with E-state index in [1.54, 1.807) is 0 Å². The third-order valence-electron chi connectivity index (χ3n) is 4.00. The largest absolute Gasteiger partial charge is 0.416 e. The van der Waals surface area contributed by atoms with Crippen LogP contribution in [0.25, 0.3) is 16.7 Å². The SMILES string of the molecule is CCc1nc2cc(C(F)(F)F)ccc2n1-c1ccc(CCN)cc1. The third-order valence-corrected chi connectivity index (χ3v) is 4.00. The summed E-state index contributed by atoms with van der Waals surface area (Å²) < 4.78 is 40.6. The predicted molar refractivity (Wildman–Crippen MR) is 88.2 cm³/mol. The van der Waals surface area contributed by atoms with E-state index in [0.717, 1.165) is 35.6 Å². The summed E-state index contributed by atoms with van der Waals surface area (Å²) in [4.78, 5) is 4.38. The van der Waals surface area contributed by atoms with Crippen LogP contribution in [0.5, 0.6) is 0 Å². The maximum absolute atomic E-state index is 12.9. The van der Waals surface area contributed by atoms with Crippen molar-refractivity contribution in [3.8, 4) is 5.69 Å². The van der Waals surface area contributed by atoms with Gasteiger partial charge in [-0.1, -0.05) is 19.1 Å². The molecule has 1 aromatic heterocycles. The molecule has 0 aliphatic heterocycles. The van der Waals surface area contributed by atoms with Crippen molar-refractivity contribution in [2.75, 3.05) is 6.54 Å². The molecular formula is C18H18F3N3. The Bertz CT molecular complexity index is 848. The van der Waals surface area contributed by atoms with Crippen molar-refractivity contribution in [2.24, 2.45) is 5.73 Å². The summed E-state index contributed by atoms with van der Waals surface area (Å²) in [6.45, 7) is 2.51. The molecule has 0 amide bonds. The molecule has 0 spiro atoms. The third kappa shape index (κ3) is 3.01. The minimum absolute atomic E-state index is 0.354. The van der Waals surface area contributed by atoms with Crippen LogP contribution in [0.4, 0.5) is 13.2 Å². The van der Waals surface area contributed by atoms with Gasteiger partial charge in [-0.05, 0) is 48.9 Å². The van der Waals surface area contributed by atoms with Crippen molar-refractivity contribution in [2.45, 2.75) is 25.9 Å². The number of rotatable bonds is 4. The highest BCUT2D eigenvalue weighted by Crippen LogP contribution is 2.32. The number of hydrogen-bond donors (Lipinski definition) is 1. The highest BCUT2D eigenvalue weighted by atomic mass is 19.4. The van der Waals surface area contributed by atoms with Gasteiger partial charge in [-0.15, -0.1) is 0 Å². The van der Waals surface area contributed by atoms with E-state index in [4.69, 9.17) is 5.73 Å². The summed E-state index contributed by atoms with van der Waals surface area (Å²) in [5.41, 5.74) is 7.91. The molecule has 0 radical (unpaired) electrons. The Morgan fingerprint density at radius 3 is 2.38 bits per heavy atom. The maximum Gasteiger partial charge on any atom is 0.416 e. The molecule has 0 fully saturated rings. The Balaban J connectivity index is 2.12. The minimum Gasteiger partial charge on any atom is -0.330 e. The predicted octanol–water partition coefficient (Wildman–Crippen LogP) is 4.11. The Labute approximate surface area is 137 Å². The molecule has 0 saturated heterocycles. The zero-order valence-corrected chi connectivity index (χ0v) is 13.3. The van der Waals surface area contributed by atoms with Gasteiger partial charge in [0, 0.05) is 12.1 Å². The summed E-state index contributed by atoms with van der Waals surface area (Å²) in [5, 5.41) is 0. The Kier molecular flexibility index (Phi) is 4.32. The second-order valence-electron chi connectivity index (χ2n) is 5.62. The fraction of sp³-hybridized carbons (Fsp3) is 0.278. The highest BCUT2D eigenvalue weighted by molar-refractivity contribution is 5.79. The number of imidazole rings is 1. The average Bonchev–Trinajstić information content (AvgIpc) is 2.93. The van der Waals surface area contributed by atoms with Crippen molar-refractivity contribution in [1.82, 2.24) is 9.55 Å². The zero-order chi connectivity index (χ0) is 17.3. The van der Waals surface area contributed by atoms with Crippen molar-refractivity contribution in [3.63, 3.8) is 0 Å². The molecule has 0 unspecified atom stereocenters. The lowest BCUT2D eigenvalue weighted by Gasteiger charge is -2.10. The quantitative estimate of drug-likeness (QED) is 0.781. The Morgan fingerprint density at radius 2 is 1.79 bits per heavy atom. The Hall–Kier alpha value is -2.34. The molecule has 2 aromatic carbocycles. The lowest BCUT2D eigenvalue weighted by Crippen LogP contribution is -2.05. The standard InChI is InChI=1S/C18H18F3N3/c1-2-17-23-15-11-13(18(19,20)21)5-8-16(15)24(17)14-6-3-12(4-7-14)9-10-22/h3-8,11H,2,9-10,22H2,1H3. The number of hydrogen-bond acceptors (Lipinski definition) is 2. The van der Waals surface area contributed by atoms with Crippen LogP contribution in [0.1, 0.15) is 23.9 Å². The first-order chi connectivity index (χ1) is 11.4. The van der Waals surface area contributed by atoms with Crippen LogP contribution in [0.15, 0.2) is 42.5 Å². The van der Waals surface area contributed by atoms with E-state index in [2.05, 4.69) is 4.98 Å². The molecule has 126 valence electrons. The molecule has 1 heterocycles. The second kappa shape index (κ2) is 6.28. The van der Waals surface area contributed by atoms with Gasteiger partial charge in [0.25, 0.3) is 0 Å². The Morgan fingerprint density at radius 1 is 1.08 bits per heavy atom. The van der Waals surface area contributed by atoms with Crippen molar-refractivity contribution >= 4 is 11.0 Å². The zero-order valence-electron chi connectivity index (χ0n) is 13.3. The average molecular weight is 333 g/mol. The molecule has 3 aromatic rings. The van der Waals surface area contributed by atoms with Gasteiger partial charge < -0.3 is 5.73 Å². The summed E-state index contributed by atoms with van der Waals surface area (Å²) in [6.07, 6.45) is -2.95. The van der Waals surface area contributed by atoms with E-state index in [1.165, 1.54) is 6.07 Å². The lowest BCUT2D eigenvalue weighted by molar-refractivity contribution is -0.137. The summed E-state index contributed by atoms with van der Waals surface area (Å²) in [6, 6.07) is 11.6. The normalized spacial score (nSPS) is 12.0. The summed E-state index contributed by atoms with van der Waals surface area (Å²) >= 11 is 0. The first kappa shape index (κ1) is 16.5.